The molecule has 1 saturated heterocycles. The van der Waals surface area contributed by atoms with E-state index in [1.807, 2.05) is 0 Å². The number of ether oxygens (including phenoxy) is 1. The molecule has 1 aliphatic heterocycles. The lowest BCUT2D eigenvalue weighted by Crippen LogP contribution is -2.34. The molecule has 15 heavy (non-hydrogen) atoms. The number of hydrogen-bond acceptors (Lipinski definition) is 2. The second-order valence-electron chi connectivity index (χ2n) is 4.27. The van der Waals surface area contributed by atoms with Gasteiger partial charge in [-0.05, 0) is 25.7 Å². The van der Waals surface area contributed by atoms with E-state index in [-0.39, 0.29) is 6.09 Å². The highest BCUT2D eigenvalue weighted by atomic mass is 16.6. The van der Waals surface area contributed by atoms with Crippen molar-refractivity contribution in [3.05, 3.63) is 24.9 Å². The zero-order valence-electron chi connectivity index (χ0n) is 9.00. The van der Waals surface area contributed by atoms with Crippen LogP contribution in [0.1, 0.15) is 32.1 Å². The first-order chi connectivity index (χ1) is 7.19. The molecule has 0 radical (unpaired) electrons. The van der Waals surface area contributed by atoms with E-state index in [0.29, 0.717) is 6.54 Å². The van der Waals surface area contributed by atoms with Crippen molar-refractivity contribution >= 4 is 6.09 Å². The zero-order chi connectivity index (χ0) is 10.9. The van der Waals surface area contributed by atoms with E-state index in [0.717, 1.165) is 31.4 Å². The number of carbonyl (C=O) groups excluding carboxylic acids is 1. The van der Waals surface area contributed by atoms with Gasteiger partial charge in [0.25, 0.3) is 0 Å². The highest BCUT2D eigenvalue weighted by Gasteiger charge is 2.48. The molecule has 1 aliphatic carbocycles. The topological polar surface area (TPSA) is 29.5 Å². The molecule has 0 unspecified atom stereocenters. The van der Waals surface area contributed by atoms with E-state index in [1.165, 1.54) is 6.42 Å². The molecular weight excluding hydrogens is 190 g/mol. The molecule has 2 fully saturated rings. The minimum Gasteiger partial charge on any atom is -0.436 e. The maximum atomic E-state index is 11.6. The van der Waals surface area contributed by atoms with Crippen molar-refractivity contribution in [2.24, 2.45) is 0 Å². The van der Waals surface area contributed by atoms with Crippen LogP contribution in [0.15, 0.2) is 24.9 Å². The van der Waals surface area contributed by atoms with Crippen LogP contribution in [0, 0.1) is 0 Å². The Balaban J connectivity index is 2.19. The lowest BCUT2D eigenvalue weighted by molar-refractivity contribution is 0.0402. The van der Waals surface area contributed by atoms with Gasteiger partial charge in [-0.25, -0.2) is 4.79 Å². The van der Waals surface area contributed by atoms with Gasteiger partial charge in [-0.3, -0.25) is 4.90 Å². The predicted molar refractivity (Wildman–Crippen MR) is 58.3 cm³/mol. The van der Waals surface area contributed by atoms with Crippen LogP contribution in [-0.4, -0.2) is 23.1 Å². The Kier molecular flexibility index (Phi) is 2.55. The number of carbonyl (C=O) groups is 1. The Morgan fingerprint density at radius 1 is 1.40 bits per heavy atom. The van der Waals surface area contributed by atoms with Crippen molar-refractivity contribution in [2.45, 2.75) is 37.7 Å². The van der Waals surface area contributed by atoms with Gasteiger partial charge in [0.05, 0.1) is 5.70 Å². The van der Waals surface area contributed by atoms with Gasteiger partial charge in [-0.1, -0.05) is 19.1 Å². The van der Waals surface area contributed by atoms with Crippen LogP contribution in [0.25, 0.3) is 0 Å². The standard InChI is InChI=1S/C12H17NO2/c1-3-9-13-10(2)12(15-11(13)14)7-5-4-6-8-12/h3H,1-2,4-9H2. The minimum absolute atomic E-state index is 0.262. The third-order valence-corrected chi connectivity index (χ3v) is 3.33. The largest absolute Gasteiger partial charge is 0.436 e. The van der Waals surface area contributed by atoms with Crippen molar-refractivity contribution in [3.63, 3.8) is 0 Å². The molecule has 1 saturated carbocycles. The van der Waals surface area contributed by atoms with E-state index in [1.54, 1.807) is 11.0 Å². The maximum absolute atomic E-state index is 11.6. The molecule has 82 valence electrons. The summed E-state index contributed by atoms with van der Waals surface area (Å²) < 4.78 is 5.51. The van der Waals surface area contributed by atoms with E-state index in [9.17, 15) is 4.79 Å². The number of rotatable bonds is 2. The first-order valence-corrected chi connectivity index (χ1v) is 5.50. The van der Waals surface area contributed by atoms with Crippen molar-refractivity contribution in [1.29, 1.82) is 0 Å². The predicted octanol–water partition coefficient (Wildman–Crippen LogP) is 2.84. The SMILES string of the molecule is C=CCN1C(=C)C2(CCCCC2)OC1=O. The molecular formula is C12H17NO2. The maximum Gasteiger partial charge on any atom is 0.415 e. The van der Waals surface area contributed by atoms with Gasteiger partial charge in [-0.2, -0.15) is 0 Å². The third-order valence-electron chi connectivity index (χ3n) is 3.33. The van der Waals surface area contributed by atoms with Crippen LogP contribution in [0.4, 0.5) is 4.79 Å². The Bertz CT molecular complexity index is 303. The number of amides is 1. The van der Waals surface area contributed by atoms with Gasteiger partial charge in [0.2, 0.25) is 0 Å². The summed E-state index contributed by atoms with van der Waals surface area (Å²) in [4.78, 5) is 13.2. The van der Waals surface area contributed by atoms with Crippen LogP contribution >= 0.6 is 0 Å². The van der Waals surface area contributed by atoms with Crippen LogP contribution < -0.4 is 0 Å². The fourth-order valence-corrected chi connectivity index (χ4v) is 2.46. The molecule has 1 amide bonds. The quantitative estimate of drug-likeness (QED) is 0.652. The Labute approximate surface area is 90.4 Å². The monoisotopic (exact) mass is 207 g/mol. The second-order valence-corrected chi connectivity index (χ2v) is 4.27. The fraction of sp³-hybridized carbons (Fsp3) is 0.583. The molecule has 0 atom stereocenters. The van der Waals surface area contributed by atoms with Gasteiger partial charge in [-0.15, -0.1) is 6.58 Å². The minimum atomic E-state index is -0.391. The van der Waals surface area contributed by atoms with Crippen molar-refractivity contribution in [1.82, 2.24) is 4.90 Å². The van der Waals surface area contributed by atoms with E-state index in [4.69, 9.17) is 4.74 Å². The van der Waals surface area contributed by atoms with Gasteiger partial charge in [0.1, 0.15) is 0 Å². The molecule has 1 spiro atoms. The van der Waals surface area contributed by atoms with Crippen LogP contribution in [0.2, 0.25) is 0 Å². The zero-order valence-corrected chi connectivity index (χ0v) is 9.00. The van der Waals surface area contributed by atoms with Gasteiger partial charge in [0, 0.05) is 6.54 Å². The summed E-state index contributed by atoms with van der Waals surface area (Å²) in [6.45, 7) is 8.15. The smallest absolute Gasteiger partial charge is 0.415 e. The summed E-state index contributed by atoms with van der Waals surface area (Å²) in [5.41, 5.74) is 0.435. The highest BCUT2D eigenvalue weighted by Crippen LogP contribution is 2.43. The fourth-order valence-electron chi connectivity index (χ4n) is 2.46. The first kappa shape index (κ1) is 10.3. The molecule has 3 heteroatoms. The van der Waals surface area contributed by atoms with E-state index in [2.05, 4.69) is 13.2 Å². The number of nitrogens with zero attached hydrogens (tertiary/aromatic N) is 1. The highest BCUT2D eigenvalue weighted by molar-refractivity contribution is 5.75. The van der Waals surface area contributed by atoms with Crippen LogP contribution in [0.5, 0.6) is 0 Å². The number of hydrogen-bond donors (Lipinski definition) is 0. The molecule has 0 bridgehead atoms. The molecule has 2 rings (SSSR count). The normalized spacial score (nSPS) is 24.4. The van der Waals surface area contributed by atoms with Crippen LogP contribution in [-0.2, 0) is 4.74 Å². The lowest BCUT2D eigenvalue weighted by atomic mass is 9.83. The summed E-state index contributed by atoms with van der Waals surface area (Å²) >= 11 is 0. The average molecular weight is 207 g/mol. The first-order valence-electron chi connectivity index (χ1n) is 5.50. The second kappa shape index (κ2) is 3.72. The van der Waals surface area contributed by atoms with Crippen molar-refractivity contribution in [3.8, 4) is 0 Å². The summed E-state index contributed by atoms with van der Waals surface area (Å²) in [7, 11) is 0. The summed E-state index contributed by atoms with van der Waals surface area (Å²) in [6.07, 6.45) is 6.75. The molecule has 0 aromatic heterocycles. The molecule has 2 aliphatic rings. The molecule has 0 N–H and O–H groups in total. The van der Waals surface area contributed by atoms with Gasteiger partial charge < -0.3 is 4.74 Å². The Hall–Kier alpha value is -1.25. The summed E-state index contributed by atoms with van der Waals surface area (Å²) in [6, 6.07) is 0. The summed E-state index contributed by atoms with van der Waals surface area (Å²) in [5, 5.41) is 0. The lowest BCUT2D eigenvalue weighted by Gasteiger charge is -2.32. The molecule has 3 nitrogen and oxygen atoms in total. The van der Waals surface area contributed by atoms with Crippen molar-refractivity contribution in [2.75, 3.05) is 6.54 Å². The Morgan fingerprint density at radius 2 is 2.07 bits per heavy atom. The third kappa shape index (κ3) is 1.56. The Morgan fingerprint density at radius 3 is 2.67 bits per heavy atom. The summed E-state index contributed by atoms with van der Waals surface area (Å²) in [5.74, 6) is 0. The molecule has 1 heterocycles. The van der Waals surface area contributed by atoms with Crippen molar-refractivity contribution < 1.29 is 9.53 Å². The van der Waals surface area contributed by atoms with Crippen LogP contribution in [0.3, 0.4) is 0 Å². The molecule has 0 aromatic rings. The average Bonchev–Trinajstić information content (AvgIpc) is 2.45. The van der Waals surface area contributed by atoms with E-state index >= 15 is 0 Å². The van der Waals surface area contributed by atoms with Gasteiger partial charge >= 0.3 is 6.09 Å². The molecule has 0 aromatic carbocycles. The van der Waals surface area contributed by atoms with E-state index < -0.39 is 5.60 Å². The van der Waals surface area contributed by atoms with Gasteiger partial charge in [0.15, 0.2) is 5.60 Å².